The van der Waals surface area contributed by atoms with Gasteiger partial charge in [0.25, 0.3) is 0 Å². The SMILES string of the molecule is COC(=O)C[C@H](NC(=O)[C@@H]1CCC(=O)N1)C(=O)OC. The number of carbonyl (C=O) groups is 4. The minimum absolute atomic E-state index is 0.220. The lowest BCUT2D eigenvalue weighted by molar-refractivity contribution is -0.150. The van der Waals surface area contributed by atoms with Crippen molar-refractivity contribution in [1.82, 2.24) is 10.6 Å². The van der Waals surface area contributed by atoms with Gasteiger partial charge in [-0.05, 0) is 6.42 Å². The third-order valence-electron chi connectivity index (χ3n) is 2.71. The van der Waals surface area contributed by atoms with Gasteiger partial charge in [-0.3, -0.25) is 14.4 Å². The van der Waals surface area contributed by atoms with E-state index in [9.17, 15) is 19.2 Å². The Bertz CT molecular complexity index is 395. The van der Waals surface area contributed by atoms with Crippen LogP contribution in [-0.2, 0) is 28.7 Å². The van der Waals surface area contributed by atoms with Crippen molar-refractivity contribution in [3.8, 4) is 0 Å². The summed E-state index contributed by atoms with van der Waals surface area (Å²) in [5.74, 6) is -2.14. The third-order valence-corrected chi connectivity index (χ3v) is 2.71. The molecule has 0 bridgehead atoms. The van der Waals surface area contributed by atoms with Gasteiger partial charge in [-0.2, -0.15) is 0 Å². The fourth-order valence-electron chi connectivity index (χ4n) is 1.67. The highest BCUT2D eigenvalue weighted by Crippen LogP contribution is 2.07. The van der Waals surface area contributed by atoms with Crippen LogP contribution in [0.2, 0.25) is 0 Å². The summed E-state index contributed by atoms with van der Waals surface area (Å²) in [4.78, 5) is 45.4. The van der Waals surface area contributed by atoms with Gasteiger partial charge in [0.1, 0.15) is 12.1 Å². The normalized spacial score (nSPS) is 19.3. The van der Waals surface area contributed by atoms with Crippen LogP contribution in [0.4, 0.5) is 0 Å². The average Bonchev–Trinajstić information content (AvgIpc) is 2.83. The van der Waals surface area contributed by atoms with Crippen molar-refractivity contribution in [2.75, 3.05) is 14.2 Å². The van der Waals surface area contributed by atoms with Gasteiger partial charge in [-0.1, -0.05) is 0 Å². The van der Waals surface area contributed by atoms with Gasteiger partial charge in [-0.15, -0.1) is 0 Å². The standard InChI is InChI=1S/C11H16N2O6/c1-18-9(15)5-7(11(17)19-2)13-10(16)6-3-4-8(14)12-6/h6-7H,3-5H2,1-2H3,(H,12,14)(H,13,16)/t6-,7-/m0/s1. The molecule has 1 rings (SSSR count). The third kappa shape index (κ3) is 4.23. The molecule has 1 aliphatic heterocycles. The minimum atomic E-state index is -1.12. The lowest BCUT2D eigenvalue weighted by Crippen LogP contribution is -2.49. The number of hydrogen-bond acceptors (Lipinski definition) is 6. The Kier molecular flexibility index (Phi) is 5.28. The largest absolute Gasteiger partial charge is 0.469 e. The summed E-state index contributed by atoms with van der Waals surface area (Å²) >= 11 is 0. The van der Waals surface area contributed by atoms with E-state index >= 15 is 0 Å². The summed E-state index contributed by atoms with van der Waals surface area (Å²) in [6.45, 7) is 0. The second-order valence-electron chi connectivity index (χ2n) is 4.02. The monoisotopic (exact) mass is 272 g/mol. The summed E-state index contributed by atoms with van der Waals surface area (Å²) in [7, 11) is 2.33. The smallest absolute Gasteiger partial charge is 0.328 e. The maximum atomic E-state index is 11.8. The molecule has 0 unspecified atom stereocenters. The van der Waals surface area contributed by atoms with Crippen molar-refractivity contribution in [2.45, 2.75) is 31.3 Å². The molecule has 8 heteroatoms. The molecular weight excluding hydrogens is 256 g/mol. The van der Waals surface area contributed by atoms with E-state index in [1.807, 2.05) is 0 Å². The van der Waals surface area contributed by atoms with Gasteiger partial charge in [0.2, 0.25) is 11.8 Å². The molecule has 106 valence electrons. The van der Waals surface area contributed by atoms with E-state index in [0.717, 1.165) is 7.11 Å². The molecule has 1 heterocycles. The van der Waals surface area contributed by atoms with Gasteiger partial charge in [-0.25, -0.2) is 4.79 Å². The summed E-state index contributed by atoms with van der Waals surface area (Å²) < 4.78 is 8.93. The predicted molar refractivity (Wildman–Crippen MR) is 61.7 cm³/mol. The quantitative estimate of drug-likeness (QED) is 0.588. The second kappa shape index (κ2) is 6.72. The number of esters is 2. The van der Waals surface area contributed by atoms with Crippen LogP contribution in [0.1, 0.15) is 19.3 Å². The summed E-state index contributed by atoms with van der Waals surface area (Å²) in [6, 6.07) is -1.81. The lowest BCUT2D eigenvalue weighted by atomic mass is 10.1. The number of ether oxygens (including phenoxy) is 2. The van der Waals surface area contributed by atoms with E-state index in [0.29, 0.717) is 6.42 Å². The molecule has 0 spiro atoms. The number of rotatable bonds is 5. The number of amides is 2. The highest BCUT2D eigenvalue weighted by atomic mass is 16.5. The molecule has 8 nitrogen and oxygen atoms in total. The first-order valence-electron chi connectivity index (χ1n) is 5.72. The second-order valence-corrected chi connectivity index (χ2v) is 4.02. The predicted octanol–water partition coefficient (Wildman–Crippen LogP) is -1.51. The van der Waals surface area contributed by atoms with Crippen molar-refractivity contribution < 1.29 is 28.7 Å². The van der Waals surface area contributed by atoms with Gasteiger partial charge in [0.05, 0.1) is 20.6 Å². The molecule has 2 amide bonds. The molecule has 0 aromatic heterocycles. The Balaban J connectivity index is 2.61. The molecule has 19 heavy (non-hydrogen) atoms. The van der Waals surface area contributed by atoms with Crippen molar-refractivity contribution in [1.29, 1.82) is 0 Å². The van der Waals surface area contributed by atoms with Crippen LogP contribution < -0.4 is 10.6 Å². The van der Waals surface area contributed by atoms with Crippen LogP contribution in [0.5, 0.6) is 0 Å². The average molecular weight is 272 g/mol. The van der Waals surface area contributed by atoms with E-state index in [-0.39, 0.29) is 18.7 Å². The summed E-state index contributed by atoms with van der Waals surface area (Å²) in [5.41, 5.74) is 0. The number of nitrogens with one attached hydrogen (secondary N) is 2. The van der Waals surface area contributed by atoms with Crippen LogP contribution in [-0.4, -0.2) is 50.1 Å². The fourth-order valence-corrected chi connectivity index (χ4v) is 1.67. The Labute approximate surface area is 109 Å². The van der Waals surface area contributed by atoms with Gasteiger partial charge >= 0.3 is 11.9 Å². The van der Waals surface area contributed by atoms with Crippen molar-refractivity contribution in [3.63, 3.8) is 0 Å². The van der Waals surface area contributed by atoms with Gasteiger partial charge < -0.3 is 20.1 Å². The van der Waals surface area contributed by atoms with Crippen LogP contribution in [0, 0.1) is 0 Å². The zero-order valence-electron chi connectivity index (χ0n) is 10.7. The molecule has 1 aliphatic rings. The first-order chi connectivity index (χ1) is 8.97. The van der Waals surface area contributed by atoms with E-state index < -0.39 is 29.9 Å². The van der Waals surface area contributed by atoms with E-state index in [2.05, 4.69) is 20.1 Å². The molecule has 2 atom stereocenters. The molecule has 0 aromatic rings. The Morgan fingerprint density at radius 2 is 2.05 bits per heavy atom. The van der Waals surface area contributed by atoms with Gasteiger partial charge in [0.15, 0.2) is 0 Å². The van der Waals surface area contributed by atoms with Crippen molar-refractivity contribution >= 4 is 23.8 Å². The zero-order valence-corrected chi connectivity index (χ0v) is 10.7. The molecule has 0 aromatic carbocycles. The van der Waals surface area contributed by atoms with Crippen LogP contribution >= 0.6 is 0 Å². The van der Waals surface area contributed by atoms with E-state index in [1.165, 1.54) is 7.11 Å². The minimum Gasteiger partial charge on any atom is -0.469 e. The molecule has 0 saturated carbocycles. The highest BCUT2D eigenvalue weighted by Gasteiger charge is 2.31. The molecule has 1 fully saturated rings. The Morgan fingerprint density at radius 3 is 2.53 bits per heavy atom. The van der Waals surface area contributed by atoms with Crippen LogP contribution in [0.3, 0.4) is 0 Å². The van der Waals surface area contributed by atoms with Crippen LogP contribution in [0.15, 0.2) is 0 Å². The van der Waals surface area contributed by atoms with E-state index in [4.69, 9.17) is 0 Å². The van der Waals surface area contributed by atoms with Gasteiger partial charge in [0, 0.05) is 6.42 Å². The molecular formula is C11H16N2O6. The van der Waals surface area contributed by atoms with Crippen molar-refractivity contribution in [2.24, 2.45) is 0 Å². The Hall–Kier alpha value is -2.12. The summed E-state index contributed by atoms with van der Waals surface area (Å²) in [6.07, 6.45) is 0.296. The maximum Gasteiger partial charge on any atom is 0.328 e. The van der Waals surface area contributed by atoms with Crippen LogP contribution in [0.25, 0.3) is 0 Å². The fraction of sp³-hybridized carbons (Fsp3) is 0.636. The Morgan fingerprint density at radius 1 is 1.37 bits per heavy atom. The zero-order chi connectivity index (χ0) is 14.4. The first kappa shape index (κ1) is 14.9. The molecule has 0 aliphatic carbocycles. The molecule has 2 N–H and O–H groups in total. The molecule has 1 saturated heterocycles. The highest BCUT2D eigenvalue weighted by molar-refractivity contribution is 5.94. The number of hydrogen-bond donors (Lipinski definition) is 2. The number of methoxy groups -OCH3 is 2. The van der Waals surface area contributed by atoms with Crippen molar-refractivity contribution in [3.05, 3.63) is 0 Å². The van der Waals surface area contributed by atoms with E-state index in [1.54, 1.807) is 0 Å². The molecule has 0 radical (unpaired) electrons. The lowest BCUT2D eigenvalue weighted by Gasteiger charge is -2.17. The summed E-state index contributed by atoms with van der Waals surface area (Å²) in [5, 5.41) is 4.83. The first-order valence-corrected chi connectivity index (χ1v) is 5.72. The topological polar surface area (TPSA) is 111 Å². The maximum absolute atomic E-state index is 11.8. The number of carbonyl (C=O) groups excluding carboxylic acids is 4.